The van der Waals surface area contributed by atoms with Crippen molar-refractivity contribution in [1.82, 2.24) is 29.9 Å². The number of nitrogens with one attached hydrogen (secondary N) is 1. The average molecular weight is 422 g/mol. The Morgan fingerprint density at radius 2 is 1.97 bits per heavy atom. The number of hydrogen-bond donors (Lipinski definition) is 1. The second kappa shape index (κ2) is 9.39. The molecule has 1 aromatic heterocycles. The van der Waals surface area contributed by atoms with Crippen LogP contribution in [0, 0.1) is 5.92 Å². The van der Waals surface area contributed by atoms with Gasteiger partial charge in [0.15, 0.2) is 11.8 Å². The smallest absolute Gasteiger partial charge is 0.194 e. The molecule has 0 saturated carbocycles. The van der Waals surface area contributed by atoms with E-state index in [4.69, 9.17) is 0 Å². The lowest BCUT2D eigenvalue weighted by molar-refractivity contribution is 0.0372. The van der Waals surface area contributed by atoms with Crippen LogP contribution in [0.25, 0.3) is 0 Å². The molecule has 2 saturated heterocycles. The van der Waals surface area contributed by atoms with Crippen LogP contribution in [-0.4, -0.2) is 63.2 Å². The van der Waals surface area contributed by atoms with Crippen LogP contribution in [0.15, 0.2) is 35.3 Å². The third-order valence-corrected chi connectivity index (χ3v) is 7.26. The number of benzene rings is 1. The van der Waals surface area contributed by atoms with Gasteiger partial charge in [-0.2, -0.15) is 0 Å². The van der Waals surface area contributed by atoms with Crippen molar-refractivity contribution in [3.05, 3.63) is 47.5 Å². The Kier molecular flexibility index (Phi) is 6.20. The molecule has 2 unspecified atom stereocenters. The van der Waals surface area contributed by atoms with Gasteiger partial charge in [-0.15, -0.1) is 10.2 Å². The number of aromatic nitrogens is 3. The summed E-state index contributed by atoms with van der Waals surface area (Å²) in [5, 5.41) is 12.4. The van der Waals surface area contributed by atoms with E-state index in [1.165, 1.54) is 44.2 Å². The maximum Gasteiger partial charge on any atom is 0.194 e. The van der Waals surface area contributed by atoms with E-state index in [9.17, 15) is 0 Å². The Bertz CT molecular complexity index is 891. The Balaban J connectivity index is 1.19. The Labute approximate surface area is 185 Å². The van der Waals surface area contributed by atoms with Gasteiger partial charge in [0.05, 0.1) is 6.54 Å². The molecule has 0 radical (unpaired) electrons. The fraction of sp³-hybridized carbons (Fsp3) is 0.625. The van der Waals surface area contributed by atoms with Gasteiger partial charge in [0, 0.05) is 45.7 Å². The highest BCUT2D eigenvalue weighted by Crippen LogP contribution is 2.31. The molecule has 7 nitrogen and oxygen atoms in total. The average Bonchev–Trinajstić information content (AvgIpc) is 3.23. The lowest BCUT2D eigenvalue weighted by atomic mass is 9.83. The van der Waals surface area contributed by atoms with Gasteiger partial charge < -0.3 is 14.8 Å². The van der Waals surface area contributed by atoms with Crippen LogP contribution >= 0.6 is 0 Å². The number of fused-ring (bicyclic) bond motifs is 2. The third-order valence-electron chi connectivity index (χ3n) is 7.26. The van der Waals surface area contributed by atoms with Crippen molar-refractivity contribution in [2.75, 3.05) is 26.7 Å². The SMILES string of the molecule is CN=C(NCc1nnc2n1CCCC2)N1CCC2C(CCCN2Cc2ccccc2)C1. The minimum atomic E-state index is 0.687. The number of piperidine rings is 2. The molecule has 5 rings (SSSR count). The fourth-order valence-electron chi connectivity index (χ4n) is 5.70. The predicted octanol–water partition coefficient (Wildman–Crippen LogP) is 2.68. The largest absolute Gasteiger partial charge is 0.349 e. The monoisotopic (exact) mass is 421 g/mol. The molecular weight excluding hydrogens is 386 g/mol. The molecule has 2 atom stereocenters. The summed E-state index contributed by atoms with van der Waals surface area (Å²) in [4.78, 5) is 9.79. The molecule has 4 heterocycles. The highest BCUT2D eigenvalue weighted by Gasteiger charge is 2.36. The van der Waals surface area contributed by atoms with Crippen LogP contribution < -0.4 is 5.32 Å². The van der Waals surface area contributed by atoms with Gasteiger partial charge in [-0.3, -0.25) is 9.89 Å². The normalized spacial score (nSPS) is 24.5. The Morgan fingerprint density at radius 3 is 2.84 bits per heavy atom. The Hall–Kier alpha value is -2.41. The van der Waals surface area contributed by atoms with Gasteiger partial charge in [-0.25, -0.2) is 0 Å². The van der Waals surface area contributed by atoms with Crippen LogP contribution in [-0.2, 0) is 26.1 Å². The lowest BCUT2D eigenvalue weighted by Crippen LogP contribution is -2.56. The number of guanidine groups is 1. The number of aliphatic imine (C=N–C) groups is 1. The van der Waals surface area contributed by atoms with Crippen molar-refractivity contribution < 1.29 is 0 Å². The predicted molar refractivity (Wildman–Crippen MR) is 123 cm³/mol. The highest BCUT2D eigenvalue weighted by atomic mass is 15.3. The van der Waals surface area contributed by atoms with E-state index >= 15 is 0 Å². The zero-order valence-corrected chi connectivity index (χ0v) is 18.7. The van der Waals surface area contributed by atoms with E-state index in [0.29, 0.717) is 18.5 Å². The van der Waals surface area contributed by atoms with Crippen molar-refractivity contribution in [3.63, 3.8) is 0 Å². The van der Waals surface area contributed by atoms with Crippen molar-refractivity contribution in [3.8, 4) is 0 Å². The van der Waals surface area contributed by atoms with Gasteiger partial charge in [-0.05, 0) is 50.1 Å². The van der Waals surface area contributed by atoms with Crippen LogP contribution in [0.2, 0.25) is 0 Å². The lowest BCUT2D eigenvalue weighted by Gasteiger charge is -2.48. The summed E-state index contributed by atoms with van der Waals surface area (Å²) in [7, 11) is 1.90. The zero-order chi connectivity index (χ0) is 21.0. The maximum absolute atomic E-state index is 4.61. The van der Waals surface area contributed by atoms with E-state index in [1.54, 1.807) is 0 Å². The molecule has 0 amide bonds. The molecule has 0 aliphatic carbocycles. The molecule has 2 fully saturated rings. The first-order valence-electron chi connectivity index (χ1n) is 12.0. The van der Waals surface area contributed by atoms with Gasteiger partial charge in [-0.1, -0.05) is 30.3 Å². The molecule has 0 spiro atoms. The second-order valence-electron chi connectivity index (χ2n) is 9.20. The Morgan fingerprint density at radius 1 is 1.06 bits per heavy atom. The second-order valence-corrected chi connectivity index (χ2v) is 9.20. The third kappa shape index (κ3) is 4.47. The van der Waals surface area contributed by atoms with Crippen LogP contribution in [0.4, 0.5) is 0 Å². The van der Waals surface area contributed by atoms with Gasteiger partial charge in [0.1, 0.15) is 5.82 Å². The first kappa shape index (κ1) is 20.5. The molecular formula is C24H35N7. The van der Waals surface area contributed by atoms with Crippen LogP contribution in [0.1, 0.15) is 49.3 Å². The van der Waals surface area contributed by atoms with Crippen molar-refractivity contribution in [1.29, 1.82) is 0 Å². The first-order valence-corrected chi connectivity index (χ1v) is 12.0. The molecule has 3 aliphatic heterocycles. The van der Waals surface area contributed by atoms with Crippen molar-refractivity contribution >= 4 is 5.96 Å². The standard InChI is InChI=1S/C24H35N7/c1-25-24(26-16-23-28-27-22-11-5-6-14-31(22)23)30-15-12-21-20(18-30)10-7-13-29(21)17-19-8-3-2-4-9-19/h2-4,8-9,20-21H,5-7,10-18H2,1H3,(H,25,26). The summed E-state index contributed by atoms with van der Waals surface area (Å²) >= 11 is 0. The van der Waals surface area contributed by atoms with Crippen LogP contribution in [0.3, 0.4) is 0 Å². The maximum atomic E-state index is 4.61. The summed E-state index contributed by atoms with van der Waals surface area (Å²) in [6, 6.07) is 11.6. The van der Waals surface area contributed by atoms with Crippen molar-refractivity contribution in [2.45, 2.75) is 64.2 Å². The fourth-order valence-corrected chi connectivity index (χ4v) is 5.70. The molecule has 3 aliphatic rings. The van der Waals surface area contributed by atoms with E-state index < -0.39 is 0 Å². The minimum absolute atomic E-state index is 0.687. The highest BCUT2D eigenvalue weighted by molar-refractivity contribution is 5.79. The van der Waals surface area contributed by atoms with Crippen molar-refractivity contribution in [2.24, 2.45) is 10.9 Å². The number of rotatable bonds is 4. The van der Waals surface area contributed by atoms with Gasteiger partial charge in [0.2, 0.25) is 0 Å². The quantitative estimate of drug-likeness (QED) is 0.608. The van der Waals surface area contributed by atoms with E-state index in [2.05, 4.69) is 65.2 Å². The van der Waals surface area contributed by atoms with Gasteiger partial charge in [0.25, 0.3) is 0 Å². The van der Waals surface area contributed by atoms with Gasteiger partial charge >= 0.3 is 0 Å². The molecule has 2 aromatic rings. The summed E-state index contributed by atoms with van der Waals surface area (Å²) in [5.41, 5.74) is 1.43. The number of aryl methyl sites for hydroxylation is 1. The molecule has 0 bridgehead atoms. The molecule has 1 aromatic carbocycles. The number of hydrogen-bond acceptors (Lipinski definition) is 4. The minimum Gasteiger partial charge on any atom is -0.349 e. The topological polar surface area (TPSA) is 61.6 Å². The number of likely N-dealkylation sites (tertiary alicyclic amines) is 2. The first-order chi connectivity index (χ1) is 15.3. The number of nitrogens with zero attached hydrogens (tertiary/aromatic N) is 6. The summed E-state index contributed by atoms with van der Waals surface area (Å²) in [6.07, 6.45) is 7.32. The molecule has 7 heteroatoms. The molecule has 1 N–H and O–H groups in total. The van der Waals surface area contributed by atoms with E-state index in [-0.39, 0.29) is 0 Å². The van der Waals surface area contributed by atoms with E-state index in [0.717, 1.165) is 50.2 Å². The molecule has 166 valence electrons. The summed E-state index contributed by atoms with van der Waals surface area (Å²) in [6.45, 7) is 6.19. The molecule has 31 heavy (non-hydrogen) atoms. The summed E-state index contributed by atoms with van der Waals surface area (Å²) < 4.78 is 2.29. The summed E-state index contributed by atoms with van der Waals surface area (Å²) in [5.74, 6) is 3.90. The zero-order valence-electron chi connectivity index (χ0n) is 18.7. The van der Waals surface area contributed by atoms with Crippen LogP contribution in [0.5, 0.6) is 0 Å². The van der Waals surface area contributed by atoms with E-state index in [1.807, 2.05) is 7.05 Å².